The zero-order valence-electron chi connectivity index (χ0n) is 13.0. The van der Waals surface area contributed by atoms with Gasteiger partial charge in [0.05, 0.1) is 24.5 Å². The van der Waals surface area contributed by atoms with Crippen LogP contribution in [0.3, 0.4) is 0 Å². The molecule has 1 N–H and O–H groups in total. The van der Waals surface area contributed by atoms with Crippen molar-refractivity contribution in [2.45, 2.75) is 13.5 Å². The highest BCUT2D eigenvalue weighted by atomic mass is 16.6. The number of aryl methyl sites for hydroxylation is 1. The van der Waals surface area contributed by atoms with Gasteiger partial charge in [0.1, 0.15) is 13.2 Å². The van der Waals surface area contributed by atoms with Crippen molar-refractivity contribution >= 4 is 17.3 Å². The van der Waals surface area contributed by atoms with Crippen LogP contribution in [0.1, 0.15) is 11.1 Å². The molecule has 0 unspecified atom stereocenters. The minimum absolute atomic E-state index is 0.0532. The molecule has 1 amide bonds. The largest absolute Gasteiger partial charge is 0.486 e. The number of carbonyl (C=O) groups is 1. The topological polar surface area (TPSA) is 50.8 Å². The Bertz CT molecular complexity index is 773. The fourth-order valence-electron chi connectivity index (χ4n) is 2.97. The van der Waals surface area contributed by atoms with Crippen LogP contribution < -0.4 is 19.7 Å². The van der Waals surface area contributed by atoms with Crippen molar-refractivity contribution in [3.05, 3.63) is 47.5 Å². The number of hydrogen-bond acceptors (Lipinski definition) is 4. The van der Waals surface area contributed by atoms with Gasteiger partial charge in [0.15, 0.2) is 11.5 Å². The van der Waals surface area contributed by atoms with Crippen LogP contribution in [0, 0.1) is 6.92 Å². The fraction of sp³-hybridized carbons (Fsp3) is 0.278. The molecule has 5 nitrogen and oxygen atoms in total. The van der Waals surface area contributed by atoms with Crippen molar-refractivity contribution in [2.24, 2.45) is 0 Å². The summed E-state index contributed by atoms with van der Waals surface area (Å²) in [5, 5.41) is 3.17. The lowest BCUT2D eigenvalue weighted by molar-refractivity contribution is -0.117. The SMILES string of the molecule is Cc1ccccc1CN1C(=O)CNc2cc3c(cc21)OCCO3. The van der Waals surface area contributed by atoms with Gasteiger partial charge in [-0.05, 0) is 18.1 Å². The second-order valence-corrected chi connectivity index (χ2v) is 5.77. The maximum absolute atomic E-state index is 12.4. The molecule has 0 aliphatic carbocycles. The molecule has 5 heteroatoms. The van der Waals surface area contributed by atoms with E-state index in [0.717, 1.165) is 22.7 Å². The second-order valence-electron chi connectivity index (χ2n) is 5.77. The Morgan fingerprint density at radius 3 is 2.65 bits per heavy atom. The first kappa shape index (κ1) is 13.9. The number of rotatable bonds is 2. The van der Waals surface area contributed by atoms with Gasteiger partial charge in [0, 0.05) is 12.1 Å². The first-order chi connectivity index (χ1) is 11.2. The molecule has 0 radical (unpaired) electrons. The lowest BCUT2D eigenvalue weighted by Gasteiger charge is -2.32. The standard InChI is InChI=1S/C18H18N2O3/c1-12-4-2-3-5-13(12)11-20-15-9-17-16(22-6-7-23-17)8-14(15)19-10-18(20)21/h2-5,8-9,19H,6-7,10-11H2,1H3. The molecule has 0 fully saturated rings. The van der Waals surface area contributed by atoms with Gasteiger partial charge < -0.3 is 19.7 Å². The van der Waals surface area contributed by atoms with Gasteiger partial charge in [-0.25, -0.2) is 0 Å². The van der Waals surface area contributed by atoms with Crippen LogP contribution in [0.15, 0.2) is 36.4 Å². The van der Waals surface area contributed by atoms with E-state index < -0.39 is 0 Å². The molecule has 0 bridgehead atoms. The molecular formula is C18H18N2O3. The van der Waals surface area contributed by atoms with E-state index >= 15 is 0 Å². The predicted octanol–water partition coefficient (Wildman–Crippen LogP) is 2.72. The van der Waals surface area contributed by atoms with E-state index in [2.05, 4.69) is 24.4 Å². The van der Waals surface area contributed by atoms with Crippen molar-refractivity contribution in [2.75, 3.05) is 30.0 Å². The minimum Gasteiger partial charge on any atom is -0.486 e. The third-order valence-corrected chi connectivity index (χ3v) is 4.27. The summed E-state index contributed by atoms with van der Waals surface area (Å²) in [6, 6.07) is 11.9. The number of amides is 1. The van der Waals surface area contributed by atoms with Gasteiger partial charge in [-0.15, -0.1) is 0 Å². The quantitative estimate of drug-likeness (QED) is 0.926. The Kier molecular flexibility index (Phi) is 3.33. The van der Waals surface area contributed by atoms with Crippen LogP contribution in [-0.4, -0.2) is 25.7 Å². The van der Waals surface area contributed by atoms with E-state index in [1.807, 2.05) is 29.2 Å². The molecule has 2 aliphatic heterocycles. The number of nitrogens with zero attached hydrogens (tertiary/aromatic N) is 1. The maximum Gasteiger partial charge on any atom is 0.246 e. The van der Waals surface area contributed by atoms with Crippen LogP contribution >= 0.6 is 0 Å². The summed E-state index contributed by atoms with van der Waals surface area (Å²) in [5.74, 6) is 1.48. The van der Waals surface area contributed by atoms with E-state index in [4.69, 9.17) is 9.47 Å². The highest BCUT2D eigenvalue weighted by molar-refractivity contribution is 6.03. The van der Waals surface area contributed by atoms with Crippen LogP contribution in [0.25, 0.3) is 0 Å². The summed E-state index contributed by atoms with van der Waals surface area (Å²) in [6.45, 7) is 3.99. The Labute approximate surface area is 134 Å². The van der Waals surface area contributed by atoms with E-state index in [9.17, 15) is 4.79 Å². The lowest BCUT2D eigenvalue weighted by atomic mass is 10.1. The average Bonchev–Trinajstić information content (AvgIpc) is 2.57. The molecule has 2 aliphatic rings. The zero-order valence-corrected chi connectivity index (χ0v) is 13.0. The van der Waals surface area contributed by atoms with Gasteiger partial charge in [0.25, 0.3) is 0 Å². The maximum atomic E-state index is 12.4. The van der Waals surface area contributed by atoms with Crippen LogP contribution in [0.4, 0.5) is 11.4 Å². The van der Waals surface area contributed by atoms with E-state index in [-0.39, 0.29) is 5.91 Å². The first-order valence-corrected chi connectivity index (χ1v) is 7.75. The molecule has 2 aromatic carbocycles. The molecule has 23 heavy (non-hydrogen) atoms. The number of anilines is 2. The van der Waals surface area contributed by atoms with E-state index in [1.54, 1.807) is 0 Å². The normalized spacial score (nSPS) is 15.9. The van der Waals surface area contributed by atoms with Gasteiger partial charge in [-0.1, -0.05) is 24.3 Å². The number of nitrogens with one attached hydrogen (secondary N) is 1. The number of carbonyl (C=O) groups excluding carboxylic acids is 1. The zero-order chi connectivity index (χ0) is 15.8. The Morgan fingerprint density at radius 1 is 1.13 bits per heavy atom. The molecule has 0 saturated heterocycles. The minimum atomic E-state index is 0.0532. The molecular weight excluding hydrogens is 292 g/mol. The summed E-state index contributed by atoms with van der Waals surface area (Å²) >= 11 is 0. The summed E-state index contributed by atoms with van der Waals surface area (Å²) in [6.07, 6.45) is 0. The van der Waals surface area contributed by atoms with E-state index in [1.165, 1.54) is 5.56 Å². The highest BCUT2D eigenvalue weighted by Gasteiger charge is 2.27. The first-order valence-electron chi connectivity index (χ1n) is 7.75. The highest BCUT2D eigenvalue weighted by Crippen LogP contribution is 2.41. The van der Waals surface area contributed by atoms with Gasteiger partial charge >= 0.3 is 0 Å². The van der Waals surface area contributed by atoms with Crippen molar-refractivity contribution in [1.29, 1.82) is 0 Å². The molecule has 4 rings (SSSR count). The van der Waals surface area contributed by atoms with Crippen molar-refractivity contribution < 1.29 is 14.3 Å². The molecule has 2 aromatic rings. The molecule has 0 atom stereocenters. The second kappa shape index (κ2) is 5.50. The predicted molar refractivity (Wildman–Crippen MR) is 88.3 cm³/mol. The molecule has 0 saturated carbocycles. The third-order valence-electron chi connectivity index (χ3n) is 4.27. The van der Waals surface area contributed by atoms with Gasteiger partial charge in [-0.3, -0.25) is 4.79 Å². The Balaban J connectivity index is 1.74. The third kappa shape index (κ3) is 2.48. The monoisotopic (exact) mass is 310 g/mol. The number of benzene rings is 2. The summed E-state index contributed by atoms with van der Waals surface area (Å²) in [5.41, 5.74) is 4.07. The Hall–Kier alpha value is -2.69. The molecule has 2 heterocycles. The lowest BCUT2D eigenvalue weighted by Crippen LogP contribution is -2.39. The van der Waals surface area contributed by atoms with Gasteiger partial charge in [-0.2, -0.15) is 0 Å². The number of ether oxygens (including phenoxy) is 2. The summed E-state index contributed by atoms with van der Waals surface area (Å²) in [4.78, 5) is 14.2. The van der Waals surface area contributed by atoms with Crippen LogP contribution in [0.5, 0.6) is 11.5 Å². The van der Waals surface area contributed by atoms with Crippen molar-refractivity contribution in [3.63, 3.8) is 0 Å². The average molecular weight is 310 g/mol. The fourth-order valence-corrected chi connectivity index (χ4v) is 2.97. The van der Waals surface area contributed by atoms with Crippen molar-refractivity contribution in [1.82, 2.24) is 0 Å². The number of fused-ring (bicyclic) bond motifs is 2. The smallest absolute Gasteiger partial charge is 0.246 e. The number of hydrogen-bond donors (Lipinski definition) is 1. The van der Waals surface area contributed by atoms with Crippen molar-refractivity contribution in [3.8, 4) is 11.5 Å². The molecule has 0 spiro atoms. The Morgan fingerprint density at radius 2 is 1.87 bits per heavy atom. The van der Waals surface area contributed by atoms with Gasteiger partial charge in [0.2, 0.25) is 5.91 Å². The summed E-state index contributed by atoms with van der Waals surface area (Å²) < 4.78 is 11.3. The van der Waals surface area contributed by atoms with E-state index in [0.29, 0.717) is 32.1 Å². The summed E-state index contributed by atoms with van der Waals surface area (Å²) in [7, 11) is 0. The van der Waals surface area contributed by atoms with Crippen LogP contribution in [-0.2, 0) is 11.3 Å². The van der Waals surface area contributed by atoms with Crippen LogP contribution in [0.2, 0.25) is 0 Å². The molecule has 118 valence electrons. The molecule has 0 aromatic heterocycles.